The zero-order valence-electron chi connectivity index (χ0n) is 40.1. The molecule has 0 radical (unpaired) electrons. The van der Waals surface area contributed by atoms with Gasteiger partial charge in [0.05, 0.1) is 28.6 Å². The van der Waals surface area contributed by atoms with Crippen molar-refractivity contribution >= 4 is 81.2 Å². The van der Waals surface area contributed by atoms with Gasteiger partial charge in [0.25, 0.3) is 17.7 Å². The van der Waals surface area contributed by atoms with Gasteiger partial charge in [-0.15, -0.1) is 35.1 Å². The van der Waals surface area contributed by atoms with Crippen molar-refractivity contribution in [1.29, 1.82) is 0 Å². The maximum Gasteiger partial charge on any atom is 0.573 e. The summed E-state index contributed by atoms with van der Waals surface area (Å²) >= 11 is 22.8. The Bertz CT molecular complexity index is 3630. The van der Waals surface area contributed by atoms with Gasteiger partial charge >= 0.3 is 18.3 Å². The summed E-state index contributed by atoms with van der Waals surface area (Å²) in [5.41, 5.74) is 0.669. The van der Waals surface area contributed by atoms with Crippen LogP contribution in [0.1, 0.15) is 31.1 Å². The molecule has 16 nitrogen and oxygen atoms in total. The number of nitrogens with zero attached hydrogens (tertiary/aromatic N) is 6. The number of nitrogens with one attached hydrogen (secondary N) is 4. The second kappa shape index (κ2) is 26.3. The molecule has 0 bridgehead atoms. The lowest BCUT2D eigenvalue weighted by Crippen LogP contribution is -2.17. The van der Waals surface area contributed by atoms with Crippen molar-refractivity contribution in [2.24, 2.45) is 0 Å². The molecular formula is C52H31Cl4F9N10O6. The van der Waals surface area contributed by atoms with Crippen LogP contribution in [-0.4, -0.2) is 71.1 Å². The van der Waals surface area contributed by atoms with E-state index in [0.717, 1.165) is 30.5 Å². The number of hydrogen-bond acceptors (Lipinski definition) is 12. The van der Waals surface area contributed by atoms with Crippen molar-refractivity contribution in [1.82, 2.24) is 35.1 Å². The van der Waals surface area contributed by atoms with Crippen LogP contribution in [0.3, 0.4) is 0 Å². The Morgan fingerprint density at radius 2 is 0.877 bits per heavy atom. The van der Waals surface area contributed by atoms with Crippen molar-refractivity contribution in [2.75, 3.05) is 16.0 Å². The number of benzene rings is 3. The molecule has 3 aromatic carbocycles. The summed E-state index contributed by atoms with van der Waals surface area (Å²) in [5.74, 6) is -3.03. The predicted octanol–water partition coefficient (Wildman–Crippen LogP) is 14.6. The zero-order valence-corrected chi connectivity index (χ0v) is 43.2. The molecule has 3 amide bonds. The average molecular weight is 1200 g/mol. The fourth-order valence-electron chi connectivity index (χ4n) is 6.63. The first-order chi connectivity index (χ1) is 38.3. The number of anilines is 3. The molecule has 6 aromatic heterocycles. The number of carbonyl (C=O) groups is 3. The lowest BCUT2D eigenvalue weighted by Gasteiger charge is -2.11. The topological polar surface area (TPSA) is 208 Å². The summed E-state index contributed by atoms with van der Waals surface area (Å²) in [6.45, 7) is 0. The van der Waals surface area contributed by atoms with E-state index in [-0.39, 0.29) is 49.4 Å². The molecule has 0 aliphatic carbocycles. The highest BCUT2D eigenvalue weighted by Crippen LogP contribution is 2.32. The molecule has 29 heteroatoms. The minimum absolute atomic E-state index is 0.0763. The number of hydrogen-bond donors (Lipinski definition) is 4. The van der Waals surface area contributed by atoms with Crippen molar-refractivity contribution in [3.63, 3.8) is 0 Å². The van der Waals surface area contributed by atoms with E-state index in [0.29, 0.717) is 50.6 Å². The number of alkyl halides is 9. The second-order valence-electron chi connectivity index (χ2n) is 15.9. The molecule has 0 saturated carbocycles. The van der Waals surface area contributed by atoms with Crippen LogP contribution >= 0.6 is 46.4 Å². The van der Waals surface area contributed by atoms with E-state index >= 15 is 0 Å². The Morgan fingerprint density at radius 3 is 1.26 bits per heavy atom. The van der Waals surface area contributed by atoms with Crippen LogP contribution in [0.15, 0.2) is 165 Å². The van der Waals surface area contributed by atoms with Crippen molar-refractivity contribution in [3.8, 4) is 50.8 Å². The maximum absolute atomic E-state index is 13.4. The van der Waals surface area contributed by atoms with E-state index in [9.17, 15) is 53.9 Å². The van der Waals surface area contributed by atoms with Gasteiger partial charge in [-0.2, -0.15) is 5.10 Å². The monoisotopic (exact) mass is 1200 g/mol. The number of halogens is 13. The number of rotatable bonds is 13. The van der Waals surface area contributed by atoms with Crippen LogP contribution in [0, 0.1) is 5.82 Å². The second-order valence-corrected chi connectivity index (χ2v) is 17.4. The number of pyridine rings is 5. The van der Waals surface area contributed by atoms with Gasteiger partial charge in [-0.3, -0.25) is 29.5 Å². The molecular weight excluding hydrogens is 1170 g/mol. The van der Waals surface area contributed by atoms with Gasteiger partial charge in [0.15, 0.2) is 0 Å². The van der Waals surface area contributed by atoms with E-state index in [2.05, 4.69) is 76.9 Å². The van der Waals surface area contributed by atoms with E-state index in [4.69, 9.17) is 34.8 Å². The molecule has 9 aromatic rings. The van der Waals surface area contributed by atoms with Crippen LogP contribution in [0.4, 0.5) is 56.6 Å². The SMILES string of the molecule is O=C(Nc1ccc(OC(F)(F)Cl)cc1)c1cnc(Cl)c(-c2cncc(F)c2)c1.O=C(Nc1ccc(OC(F)(F)F)cc1)c1cnc(Cl)c(-c2cccnc2)c1.O=C(Nc1ccc(OC(F)(F)F)cc1)c1cnc(Cl)c(-c2ccn[nH]2)c1. The lowest BCUT2D eigenvalue weighted by molar-refractivity contribution is -0.275. The Labute approximate surface area is 470 Å². The standard InChI is InChI=1S/C18H10Cl2F3N3O2.C18H11ClF3N3O2.C16H10ClF3N4O2/c19-16-15(10-5-12(21)9-24-7-10)6-11(8-25-16)17(27)26-13-1-3-14(4-2-13)28-18(20,22)23;19-16-15(11-2-1-7-23-9-11)8-12(10-24-16)17(26)25-13-3-5-14(6-4-13)27-18(20,21)22;17-14-12(13-5-6-22-24-13)7-9(8-21-14)15(25)23-10-1-3-11(4-2-10)26-16(18,19)20/h1-9H,(H,26,27);1-10H,(H,25,26);1-8H,(H,22,24)(H,23,25). The van der Waals surface area contributed by atoms with Gasteiger partial charge < -0.3 is 30.2 Å². The number of aromatic nitrogens is 7. The van der Waals surface area contributed by atoms with Crippen LogP contribution in [-0.2, 0) is 0 Å². The van der Waals surface area contributed by atoms with Gasteiger partial charge in [0, 0.05) is 99.9 Å². The molecule has 0 aliphatic rings. The predicted molar refractivity (Wildman–Crippen MR) is 280 cm³/mol. The Balaban J connectivity index is 0.000000175. The first kappa shape index (κ1) is 59.6. The minimum atomic E-state index is -4.78. The van der Waals surface area contributed by atoms with E-state index in [1.54, 1.807) is 36.7 Å². The van der Waals surface area contributed by atoms with Gasteiger partial charge in [0.2, 0.25) is 0 Å². The largest absolute Gasteiger partial charge is 0.573 e. The van der Waals surface area contributed by atoms with Gasteiger partial charge in [-0.05, 0) is 109 Å². The first-order valence-corrected chi connectivity index (χ1v) is 23.8. The fourth-order valence-corrected chi connectivity index (χ4v) is 7.35. The summed E-state index contributed by atoms with van der Waals surface area (Å²) in [6, 6.07) is 25.6. The Kier molecular flexibility index (Phi) is 19.3. The molecule has 9 rings (SSSR count). The molecule has 416 valence electrons. The van der Waals surface area contributed by atoms with Crippen LogP contribution < -0.4 is 30.2 Å². The number of aromatic amines is 1. The Morgan fingerprint density at radius 1 is 0.469 bits per heavy atom. The molecule has 0 fully saturated rings. The number of carbonyl (C=O) groups excluding carboxylic acids is 3. The minimum Gasteiger partial charge on any atom is -0.420 e. The molecule has 0 atom stereocenters. The molecule has 0 unspecified atom stereocenters. The summed E-state index contributed by atoms with van der Waals surface area (Å²) in [5, 5.41) is 14.7. The molecule has 0 saturated heterocycles. The lowest BCUT2D eigenvalue weighted by atomic mass is 10.1. The van der Waals surface area contributed by atoms with Crippen molar-refractivity contribution < 1.29 is 68.1 Å². The highest BCUT2D eigenvalue weighted by molar-refractivity contribution is 6.33. The number of amides is 3. The Hall–Kier alpha value is -9.04. The molecule has 6 heterocycles. The van der Waals surface area contributed by atoms with E-state index in [1.165, 1.54) is 97.7 Å². The van der Waals surface area contributed by atoms with Crippen LogP contribution in [0.2, 0.25) is 15.5 Å². The fraction of sp³-hybridized carbons (Fsp3) is 0.0577. The van der Waals surface area contributed by atoms with Gasteiger partial charge in [0.1, 0.15) is 38.5 Å². The van der Waals surface area contributed by atoms with Crippen LogP contribution in [0.5, 0.6) is 17.2 Å². The highest BCUT2D eigenvalue weighted by Gasteiger charge is 2.32. The normalized spacial score (nSPS) is 11.2. The first-order valence-electron chi connectivity index (χ1n) is 22.3. The zero-order chi connectivity index (χ0) is 58.5. The molecule has 4 N–H and O–H groups in total. The van der Waals surface area contributed by atoms with E-state index < -0.39 is 41.8 Å². The molecule has 0 spiro atoms. The number of H-pyrrole nitrogens is 1. The summed E-state index contributed by atoms with van der Waals surface area (Å²) in [4.78, 5) is 56.8. The number of ether oxygens (including phenoxy) is 3. The summed E-state index contributed by atoms with van der Waals surface area (Å²) in [7, 11) is 0. The molecule has 81 heavy (non-hydrogen) atoms. The smallest absolute Gasteiger partial charge is 0.420 e. The summed E-state index contributed by atoms with van der Waals surface area (Å²) in [6.07, 6.45) is 1.44. The van der Waals surface area contributed by atoms with Gasteiger partial charge in [-0.1, -0.05) is 40.9 Å². The third kappa shape index (κ3) is 18.3. The molecule has 0 aliphatic heterocycles. The quantitative estimate of drug-likeness (QED) is 0.0483. The third-order valence-electron chi connectivity index (χ3n) is 10.1. The van der Waals surface area contributed by atoms with Gasteiger partial charge in [-0.25, -0.2) is 19.3 Å². The third-order valence-corrected chi connectivity index (χ3v) is 11.1. The maximum atomic E-state index is 13.4. The highest BCUT2D eigenvalue weighted by atomic mass is 35.5. The van der Waals surface area contributed by atoms with Crippen molar-refractivity contribution in [3.05, 3.63) is 203 Å². The van der Waals surface area contributed by atoms with Crippen molar-refractivity contribution in [2.45, 2.75) is 18.3 Å². The van der Waals surface area contributed by atoms with Crippen LogP contribution in [0.25, 0.3) is 33.5 Å². The average Bonchev–Trinajstić information content (AvgIpc) is 3.95. The summed E-state index contributed by atoms with van der Waals surface area (Å²) < 4.78 is 123. The van der Waals surface area contributed by atoms with E-state index in [1.807, 2.05) is 0 Å².